The molecule has 1 unspecified atom stereocenters. The molecule has 2 saturated heterocycles. The average Bonchev–Trinajstić information content (AvgIpc) is 3.13. The van der Waals surface area contributed by atoms with Gasteiger partial charge in [0.25, 0.3) is 0 Å². The number of urea groups is 1. The quantitative estimate of drug-likeness (QED) is 0.781. The molecule has 6 nitrogen and oxygen atoms in total. The monoisotopic (exact) mass is 392 g/mol. The average molecular weight is 393 g/mol. The number of rotatable bonds is 5. The molecule has 2 amide bonds. The highest BCUT2D eigenvalue weighted by molar-refractivity contribution is 7.99. The fourth-order valence-electron chi connectivity index (χ4n) is 3.50. The summed E-state index contributed by atoms with van der Waals surface area (Å²) in [6.07, 6.45) is 0.926. The number of amides is 2. The third-order valence-electron chi connectivity index (χ3n) is 5.15. The molecule has 7 heteroatoms. The Labute approximate surface area is 165 Å². The first-order valence-electron chi connectivity index (χ1n) is 9.46. The van der Waals surface area contributed by atoms with Gasteiger partial charge in [0.2, 0.25) is 0 Å². The number of thioether (sulfide) groups is 1. The highest BCUT2D eigenvalue weighted by atomic mass is 32.2. The number of nitrogens with zero attached hydrogens (tertiary/aromatic N) is 1. The second-order valence-corrected chi connectivity index (χ2v) is 8.60. The zero-order valence-electron chi connectivity index (χ0n) is 16.0. The van der Waals surface area contributed by atoms with Crippen molar-refractivity contribution in [2.45, 2.75) is 38.5 Å². The van der Waals surface area contributed by atoms with E-state index in [1.807, 2.05) is 60.8 Å². The van der Waals surface area contributed by atoms with Gasteiger partial charge in [-0.2, -0.15) is 11.8 Å². The number of nitrogens with one attached hydrogen (secondary N) is 1. The van der Waals surface area contributed by atoms with Crippen molar-refractivity contribution in [2.24, 2.45) is 5.92 Å². The second kappa shape index (κ2) is 8.97. The molecular weight excluding hydrogens is 364 g/mol. The molecule has 1 spiro atoms. The van der Waals surface area contributed by atoms with Gasteiger partial charge in [0.1, 0.15) is 12.6 Å². The van der Waals surface area contributed by atoms with Gasteiger partial charge in [-0.15, -0.1) is 0 Å². The summed E-state index contributed by atoms with van der Waals surface area (Å²) in [6, 6.07) is 8.68. The summed E-state index contributed by atoms with van der Waals surface area (Å²) in [7, 11) is 0. The van der Waals surface area contributed by atoms with Crippen molar-refractivity contribution in [3.63, 3.8) is 0 Å². The summed E-state index contributed by atoms with van der Waals surface area (Å²) in [6.45, 7) is 5.68. The van der Waals surface area contributed by atoms with Gasteiger partial charge in [0.05, 0.1) is 18.8 Å². The van der Waals surface area contributed by atoms with E-state index in [-0.39, 0.29) is 24.1 Å². The number of esters is 1. The maximum Gasteiger partial charge on any atom is 0.329 e. The maximum atomic E-state index is 13.0. The van der Waals surface area contributed by atoms with Gasteiger partial charge < -0.3 is 19.7 Å². The van der Waals surface area contributed by atoms with E-state index in [2.05, 4.69) is 5.32 Å². The fraction of sp³-hybridized carbons (Fsp3) is 0.600. The lowest BCUT2D eigenvalue weighted by atomic mass is 9.96. The second-order valence-electron chi connectivity index (χ2n) is 7.50. The fourth-order valence-corrected chi connectivity index (χ4v) is 4.93. The molecule has 148 valence electrons. The Morgan fingerprint density at radius 2 is 2.11 bits per heavy atom. The van der Waals surface area contributed by atoms with Gasteiger partial charge in [-0.25, -0.2) is 9.59 Å². The number of morpholine rings is 1. The lowest BCUT2D eigenvalue weighted by Crippen LogP contribution is -2.63. The van der Waals surface area contributed by atoms with Crippen LogP contribution in [-0.2, 0) is 20.9 Å². The zero-order valence-corrected chi connectivity index (χ0v) is 16.8. The predicted octanol–water partition coefficient (Wildman–Crippen LogP) is 2.67. The van der Waals surface area contributed by atoms with Crippen LogP contribution in [0.1, 0.15) is 25.8 Å². The van der Waals surface area contributed by atoms with Gasteiger partial charge in [-0.05, 0) is 23.7 Å². The van der Waals surface area contributed by atoms with Crippen molar-refractivity contribution in [3.8, 4) is 0 Å². The number of ether oxygens (including phenoxy) is 2. The van der Waals surface area contributed by atoms with E-state index in [9.17, 15) is 9.59 Å². The van der Waals surface area contributed by atoms with Crippen molar-refractivity contribution in [1.82, 2.24) is 10.2 Å². The molecule has 2 fully saturated rings. The number of carbonyl (C=O) groups excluding carboxylic acids is 2. The molecule has 0 aromatic heterocycles. The summed E-state index contributed by atoms with van der Waals surface area (Å²) in [5, 5.41) is 2.92. The van der Waals surface area contributed by atoms with E-state index in [1.54, 1.807) is 0 Å². The molecule has 1 aromatic rings. The van der Waals surface area contributed by atoms with Crippen LogP contribution in [0.3, 0.4) is 0 Å². The Kier molecular flexibility index (Phi) is 6.65. The molecule has 1 N–H and O–H groups in total. The van der Waals surface area contributed by atoms with Crippen LogP contribution >= 0.6 is 11.8 Å². The van der Waals surface area contributed by atoms with E-state index < -0.39 is 12.0 Å². The normalized spacial score (nSPS) is 23.4. The van der Waals surface area contributed by atoms with Gasteiger partial charge in [0, 0.05) is 12.3 Å². The Balaban J connectivity index is 1.62. The Morgan fingerprint density at radius 3 is 2.78 bits per heavy atom. The van der Waals surface area contributed by atoms with Crippen LogP contribution in [0.15, 0.2) is 30.3 Å². The highest BCUT2D eigenvalue weighted by Crippen LogP contribution is 2.35. The van der Waals surface area contributed by atoms with Gasteiger partial charge in [-0.3, -0.25) is 0 Å². The van der Waals surface area contributed by atoms with Crippen molar-refractivity contribution >= 4 is 23.8 Å². The zero-order chi connectivity index (χ0) is 19.3. The van der Waals surface area contributed by atoms with Gasteiger partial charge in [-0.1, -0.05) is 44.2 Å². The number of hydrogen-bond donors (Lipinski definition) is 1. The summed E-state index contributed by atoms with van der Waals surface area (Å²) in [5.74, 6) is 1.45. The summed E-state index contributed by atoms with van der Waals surface area (Å²) in [5.41, 5.74) is 0.678. The van der Waals surface area contributed by atoms with Crippen molar-refractivity contribution in [1.29, 1.82) is 0 Å². The molecule has 2 atom stereocenters. The van der Waals surface area contributed by atoms with E-state index in [1.165, 1.54) is 0 Å². The summed E-state index contributed by atoms with van der Waals surface area (Å²) < 4.78 is 11.1. The lowest BCUT2D eigenvalue weighted by Gasteiger charge is -2.44. The first-order chi connectivity index (χ1) is 13.0. The van der Waals surface area contributed by atoms with Gasteiger partial charge >= 0.3 is 12.0 Å². The third-order valence-corrected chi connectivity index (χ3v) is 6.39. The minimum Gasteiger partial charge on any atom is -0.459 e. The minimum atomic E-state index is -0.671. The maximum absolute atomic E-state index is 13.0. The Hall–Kier alpha value is -1.73. The molecule has 27 heavy (non-hydrogen) atoms. The van der Waals surface area contributed by atoms with Crippen molar-refractivity contribution in [2.75, 3.05) is 31.3 Å². The van der Waals surface area contributed by atoms with E-state index in [4.69, 9.17) is 9.47 Å². The SMILES string of the molecule is CC(C)[C@H](NC(=O)N1CCOCC12CCSC2)C(=O)OCc1ccccc1. The molecule has 3 rings (SSSR count). The van der Waals surface area contributed by atoms with Crippen LogP contribution < -0.4 is 5.32 Å². The van der Waals surface area contributed by atoms with E-state index >= 15 is 0 Å². The van der Waals surface area contributed by atoms with Crippen LogP contribution in [0.25, 0.3) is 0 Å². The standard InChI is InChI=1S/C20H28N2O4S/c1-15(2)17(18(23)26-12-16-6-4-3-5-7-16)21-19(24)22-9-10-25-13-20(22)8-11-27-14-20/h3-7,15,17H,8-14H2,1-2H3,(H,21,24)/t17-,20?/m0/s1. The van der Waals surface area contributed by atoms with Crippen LogP contribution in [0.4, 0.5) is 4.79 Å². The molecule has 2 heterocycles. The van der Waals surface area contributed by atoms with E-state index in [0.717, 1.165) is 23.5 Å². The molecule has 0 bridgehead atoms. The Bertz CT molecular complexity index is 647. The Morgan fingerprint density at radius 1 is 1.33 bits per heavy atom. The molecule has 2 aliphatic rings. The number of carbonyl (C=O) groups is 2. The molecule has 1 aromatic carbocycles. The number of benzene rings is 1. The summed E-state index contributed by atoms with van der Waals surface area (Å²) >= 11 is 1.84. The van der Waals surface area contributed by atoms with Crippen molar-refractivity contribution < 1.29 is 19.1 Å². The van der Waals surface area contributed by atoms with Crippen LogP contribution in [-0.4, -0.2) is 59.7 Å². The molecule has 0 aliphatic carbocycles. The molecular formula is C20H28N2O4S. The van der Waals surface area contributed by atoms with Crippen LogP contribution in [0.5, 0.6) is 0 Å². The lowest BCUT2D eigenvalue weighted by molar-refractivity contribution is -0.148. The minimum absolute atomic E-state index is 0.0628. The first kappa shape index (κ1) is 20.0. The largest absolute Gasteiger partial charge is 0.459 e. The van der Waals surface area contributed by atoms with Crippen molar-refractivity contribution in [3.05, 3.63) is 35.9 Å². The topological polar surface area (TPSA) is 67.9 Å². The highest BCUT2D eigenvalue weighted by Gasteiger charge is 2.45. The number of hydrogen-bond acceptors (Lipinski definition) is 5. The first-order valence-corrected chi connectivity index (χ1v) is 10.6. The van der Waals surface area contributed by atoms with E-state index in [0.29, 0.717) is 19.8 Å². The van der Waals surface area contributed by atoms with Gasteiger partial charge in [0.15, 0.2) is 0 Å². The van der Waals surface area contributed by atoms with Crippen LogP contribution in [0.2, 0.25) is 0 Å². The molecule has 0 saturated carbocycles. The predicted molar refractivity (Wildman–Crippen MR) is 106 cm³/mol. The third kappa shape index (κ3) is 4.76. The molecule has 2 aliphatic heterocycles. The molecule has 0 radical (unpaired) electrons. The van der Waals surface area contributed by atoms with Crippen LogP contribution in [0, 0.1) is 5.92 Å². The smallest absolute Gasteiger partial charge is 0.329 e. The summed E-state index contributed by atoms with van der Waals surface area (Å²) in [4.78, 5) is 27.5.